The molecule has 0 aliphatic rings. The van der Waals surface area contributed by atoms with Crippen molar-refractivity contribution in [3.8, 4) is 45.5 Å². The zero-order chi connectivity index (χ0) is 71.4. The van der Waals surface area contributed by atoms with Gasteiger partial charge in [0.1, 0.15) is 22.3 Å². The van der Waals surface area contributed by atoms with Crippen molar-refractivity contribution in [3.63, 3.8) is 0 Å². The largest absolute Gasteiger partial charge is 0.455 e. The van der Waals surface area contributed by atoms with Crippen LogP contribution in [0.4, 0.5) is 17.1 Å². The summed E-state index contributed by atoms with van der Waals surface area (Å²) in [4.78, 5) is 23.8. The van der Waals surface area contributed by atoms with Gasteiger partial charge in [-0.25, -0.2) is 19.9 Å². The number of rotatable bonds is 8. The second-order valence-electron chi connectivity index (χ2n) is 27.9. The van der Waals surface area contributed by atoms with Gasteiger partial charge in [-0.1, -0.05) is 243 Å². The summed E-state index contributed by atoms with van der Waals surface area (Å²) in [5.41, 5.74) is 18.8. The Morgan fingerprint density at radius 3 is 1.61 bits per heavy atom. The molecule has 0 N–H and O–H groups in total. The van der Waals surface area contributed by atoms with E-state index in [2.05, 4.69) is 354 Å². The molecule has 16 aromatic carbocycles. The number of thiophene rings is 2. The number of aromatic nitrogens is 6. The minimum Gasteiger partial charge on any atom is -0.455 e. The summed E-state index contributed by atoms with van der Waals surface area (Å²) in [7, 11) is 0. The number of benzene rings is 16. The van der Waals surface area contributed by atoms with Gasteiger partial charge in [0.25, 0.3) is 0 Å². The lowest BCUT2D eigenvalue weighted by molar-refractivity contribution is 0.671. The average molecular weight is 1430 g/mol. The van der Waals surface area contributed by atoms with Crippen LogP contribution in [-0.2, 0) is 0 Å². The van der Waals surface area contributed by atoms with Crippen molar-refractivity contribution in [3.05, 3.63) is 346 Å². The lowest BCUT2D eigenvalue weighted by Gasteiger charge is -2.26. The Hall–Kier alpha value is -14.1. The molecule has 0 atom stereocenters. The molecule has 0 aliphatic heterocycles. The SMILES string of the molecule is c1ccc(-c2ccc3c(ccc4oc5c(ccc6c5c5ccccc5n6-c5nc(-c6ccc7sc8ccccc8c7c6)c6ccccc6n5)c43)c2)cc1.c1ccc(-c2nc(-n3c4ccccc4c4ccc5c(oc6cc(N(c7ccccc7)c7ccccc7)c7ccccc7c65)c43)nc3c2sc2ccccc23)cc1. The molecule has 24 rings (SSSR count). The average Bonchev–Trinajstić information content (AvgIpc) is 1.56. The second-order valence-corrected chi connectivity index (χ2v) is 30.0. The van der Waals surface area contributed by atoms with Crippen molar-refractivity contribution in [2.24, 2.45) is 0 Å². The summed E-state index contributed by atoms with van der Waals surface area (Å²) in [6.45, 7) is 0. The van der Waals surface area contributed by atoms with Crippen LogP contribution in [-0.4, -0.2) is 29.1 Å². The van der Waals surface area contributed by atoms with Crippen LogP contribution in [0.5, 0.6) is 0 Å². The van der Waals surface area contributed by atoms with Crippen LogP contribution < -0.4 is 4.90 Å². The fraction of sp³-hybridized carbons (Fsp3) is 0. The Bertz CT molecular complexity index is 7830. The molecule has 8 heterocycles. The van der Waals surface area contributed by atoms with E-state index in [0.29, 0.717) is 11.9 Å². The zero-order valence-corrected chi connectivity index (χ0v) is 59.8. The summed E-state index contributed by atoms with van der Waals surface area (Å²) in [6, 6.07) is 122. The third-order valence-corrected chi connectivity index (χ3v) is 24.1. The highest BCUT2D eigenvalue weighted by molar-refractivity contribution is 7.26. The van der Waals surface area contributed by atoms with Gasteiger partial charge in [-0.3, -0.25) is 9.13 Å². The van der Waals surface area contributed by atoms with Gasteiger partial charge >= 0.3 is 0 Å². The Balaban J connectivity index is 0.000000131. The highest BCUT2D eigenvalue weighted by Gasteiger charge is 2.28. The maximum absolute atomic E-state index is 7.18. The Morgan fingerprint density at radius 1 is 0.284 bits per heavy atom. The molecule has 0 amide bonds. The van der Waals surface area contributed by atoms with Gasteiger partial charge in [0, 0.05) is 107 Å². The molecule has 9 nitrogen and oxygen atoms in total. The van der Waals surface area contributed by atoms with Crippen molar-refractivity contribution in [1.82, 2.24) is 29.1 Å². The molecule has 508 valence electrons. The van der Waals surface area contributed by atoms with E-state index in [1.54, 1.807) is 11.3 Å². The van der Waals surface area contributed by atoms with Gasteiger partial charge < -0.3 is 13.7 Å². The van der Waals surface area contributed by atoms with Crippen molar-refractivity contribution in [2.75, 3.05) is 4.90 Å². The maximum Gasteiger partial charge on any atom is 0.236 e. The highest BCUT2D eigenvalue weighted by atomic mass is 32.1. The van der Waals surface area contributed by atoms with E-state index >= 15 is 0 Å². The lowest BCUT2D eigenvalue weighted by Crippen LogP contribution is -2.10. The molecule has 8 aromatic heterocycles. The van der Waals surface area contributed by atoms with Crippen molar-refractivity contribution in [1.29, 1.82) is 0 Å². The predicted molar refractivity (Wildman–Crippen MR) is 457 cm³/mol. The van der Waals surface area contributed by atoms with Crippen LogP contribution in [0.1, 0.15) is 0 Å². The van der Waals surface area contributed by atoms with E-state index in [-0.39, 0.29) is 0 Å². The number of nitrogens with zero attached hydrogens (tertiary/aromatic N) is 7. The van der Waals surface area contributed by atoms with E-state index in [0.717, 1.165) is 164 Å². The van der Waals surface area contributed by atoms with Crippen LogP contribution in [0.15, 0.2) is 355 Å². The normalized spacial score (nSPS) is 12.0. The molecule has 0 aliphatic carbocycles. The fourth-order valence-corrected chi connectivity index (χ4v) is 19.2. The number of fused-ring (bicyclic) bond motifs is 25. The molecule has 24 aromatic rings. The molecule has 11 heteroatoms. The molecule has 0 saturated heterocycles. The fourth-order valence-electron chi connectivity index (χ4n) is 17.0. The molecular formula is C98H57N7O2S2. The highest BCUT2D eigenvalue weighted by Crippen LogP contribution is 2.50. The molecule has 0 spiro atoms. The van der Waals surface area contributed by atoms with Gasteiger partial charge in [-0.15, -0.1) is 22.7 Å². The summed E-state index contributed by atoms with van der Waals surface area (Å²) in [6.07, 6.45) is 0. The third-order valence-electron chi connectivity index (χ3n) is 21.8. The number of anilines is 3. The van der Waals surface area contributed by atoms with E-state index in [9.17, 15) is 0 Å². The first-order valence-corrected chi connectivity index (χ1v) is 38.2. The topological polar surface area (TPSA) is 90.9 Å². The number of furan rings is 2. The van der Waals surface area contributed by atoms with Gasteiger partial charge in [-0.05, 0) is 124 Å². The second kappa shape index (κ2) is 24.2. The molecule has 0 fully saturated rings. The molecule has 0 unspecified atom stereocenters. The molecular weight excluding hydrogens is 1370 g/mol. The smallest absolute Gasteiger partial charge is 0.236 e. The van der Waals surface area contributed by atoms with Crippen LogP contribution in [0.3, 0.4) is 0 Å². The maximum atomic E-state index is 7.18. The molecule has 0 saturated carbocycles. The minimum atomic E-state index is 0.615. The van der Waals surface area contributed by atoms with Crippen LogP contribution in [0.2, 0.25) is 0 Å². The molecule has 109 heavy (non-hydrogen) atoms. The predicted octanol–water partition coefficient (Wildman–Crippen LogP) is 27.6. The van der Waals surface area contributed by atoms with E-state index in [4.69, 9.17) is 28.8 Å². The van der Waals surface area contributed by atoms with Crippen molar-refractivity contribution >= 4 is 200 Å². The first kappa shape index (κ1) is 61.2. The third kappa shape index (κ3) is 9.50. The lowest BCUT2D eigenvalue weighted by atomic mass is 9.98. The molecule has 0 bridgehead atoms. The summed E-state index contributed by atoms with van der Waals surface area (Å²) < 4.78 is 23.3. The Morgan fingerprint density at radius 2 is 0.835 bits per heavy atom. The van der Waals surface area contributed by atoms with E-state index in [1.165, 1.54) is 46.8 Å². The van der Waals surface area contributed by atoms with Crippen molar-refractivity contribution in [2.45, 2.75) is 0 Å². The van der Waals surface area contributed by atoms with E-state index in [1.807, 2.05) is 17.4 Å². The quantitative estimate of drug-likeness (QED) is 0.150. The van der Waals surface area contributed by atoms with Gasteiger partial charge in [0.05, 0.1) is 54.7 Å². The van der Waals surface area contributed by atoms with Crippen molar-refractivity contribution < 1.29 is 8.83 Å². The Kier molecular flexibility index (Phi) is 13.6. The van der Waals surface area contributed by atoms with Gasteiger partial charge in [-0.2, -0.15) is 0 Å². The summed E-state index contributed by atoms with van der Waals surface area (Å²) in [5, 5.41) is 18.1. The minimum absolute atomic E-state index is 0.615. The van der Waals surface area contributed by atoms with E-state index < -0.39 is 0 Å². The number of hydrogen-bond donors (Lipinski definition) is 0. The van der Waals surface area contributed by atoms with Gasteiger partial charge in [0.2, 0.25) is 11.9 Å². The standard InChI is InChI=1S/C50H30N4OS.C48H27N3OS/c1-4-16-31(17-5-1)45-49-46(38-25-13-15-27-43(38)56-49)52-50(51-45)54-40-26-14-12-23-35(40)37-28-29-39-44-36-24-11-10-22-34(36)41(30-42(44)55-48(39)47(37)54)53(32-18-6-2-7-19-32)33-20-8-3-9-21-33;1-2-10-28(11-3-1)29-18-21-32-30(26-29)19-24-41-44(32)36-22-23-40-45(47(36)52-41)35-14-5-8-16-39(35)51(40)48-49-38-15-7-4-13-34(38)46(50-48)31-20-25-43-37(27-31)33-12-6-9-17-42(33)53-43/h1-30H;1-27H. The monoisotopic (exact) mass is 1430 g/mol. The number of para-hydroxylation sites is 5. The van der Waals surface area contributed by atoms with Gasteiger partial charge in [0.15, 0.2) is 5.58 Å². The Labute approximate surface area is 629 Å². The first-order chi connectivity index (χ1) is 54.1. The first-order valence-electron chi connectivity index (χ1n) is 36.6. The van der Waals surface area contributed by atoms with Crippen LogP contribution in [0, 0.1) is 0 Å². The zero-order valence-electron chi connectivity index (χ0n) is 58.2. The van der Waals surface area contributed by atoms with Crippen LogP contribution in [0.25, 0.3) is 206 Å². The summed E-state index contributed by atoms with van der Waals surface area (Å²) in [5.74, 6) is 1.25. The number of hydrogen-bond acceptors (Lipinski definition) is 9. The summed E-state index contributed by atoms with van der Waals surface area (Å²) >= 11 is 3.58. The van der Waals surface area contributed by atoms with Crippen LogP contribution >= 0.6 is 22.7 Å². The molecule has 0 radical (unpaired) electrons.